The summed E-state index contributed by atoms with van der Waals surface area (Å²) in [4.78, 5) is 13.5. The number of allylic oxidation sites excluding steroid dienone is 7. The second-order valence-electron chi connectivity index (χ2n) is 23.3. The summed E-state index contributed by atoms with van der Waals surface area (Å²) in [5.41, 5.74) is 6.06. The zero-order valence-corrected chi connectivity index (χ0v) is 49.5. The van der Waals surface area contributed by atoms with E-state index in [1.54, 1.807) is 24.3 Å². The van der Waals surface area contributed by atoms with E-state index < -0.39 is 40.0 Å². The van der Waals surface area contributed by atoms with Crippen molar-refractivity contribution in [3.05, 3.63) is 112 Å². The first-order valence-electron chi connectivity index (χ1n) is 24.5. The minimum Gasteiger partial charge on any atom is -0.543 e. The Balaban J connectivity index is 2.26. The summed E-state index contributed by atoms with van der Waals surface area (Å²) >= 11 is 0. The van der Waals surface area contributed by atoms with E-state index in [1.165, 1.54) is 23.8 Å². The van der Waals surface area contributed by atoms with Gasteiger partial charge in [-0.25, -0.2) is 13.2 Å². The van der Waals surface area contributed by atoms with Crippen molar-refractivity contribution in [3.63, 3.8) is 0 Å². The first kappa shape index (κ1) is 59.9. The number of ether oxygens (including phenoxy) is 1. The molecule has 0 fully saturated rings. The number of hydrogen-bond donors (Lipinski definition) is 0. The summed E-state index contributed by atoms with van der Waals surface area (Å²) in [6.07, 6.45) is 16.0. The molecule has 2 rings (SSSR count). The van der Waals surface area contributed by atoms with Gasteiger partial charge in [-0.05, 0) is 164 Å². The van der Waals surface area contributed by atoms with Crippen molar-refractivity contribution in [2.24, 2.45) is 0 Å². The van der Waals surface area contributed by atoms with E-state index in [9.17, 15) is 13.2 Å². The Kier molecular flexibility index (Phi) is 22.4. The molecule has 1 unspecified atom stereocenters. The second-order valence-corrected chi connectivity index (χ2v) is 39.7. The summed E-state index contributed by atoms with van der Waals surface area (Å²) in [6, 6.07) is 15.0. The van der Waals surface area contributed by atoms with Crippen LogP contribution < -0.4 is 8.85 Å². The number of hydrogen-bond acceptors (Lipinski definition) is 7. The van der Waals surface area contributed by atoms with Gasteiger partial charge in [0, 0.05) is 11.1 Å². The molecule has 67 heavy (non-hydrogen) atoms. The standard InChI is InChI=1S/C56H92O7SSi3/c1-43(29-26-32-47(53(57)60-14)36-37-48-41-49(62-66(17,18)55(8,9)10)38-39-51(48)63-67(19,20)56(11,12)13)28-25-31-46(4)52(64(58,59)50-33-22-21-23-34-50)40-35-44(2)27-24-30-45(3)42-61-65(15,16)54(5,6)7/h21-23,29-31,33-36,38-39,41,52H,24-28,32,37,40,42H2,1-20H3. The summed E-state index contributed by atoms with van der Waals surface area (Å²) in [5, 5.41) is -0.430. The molecule has 0 aliphatic carbocycles. The number of methoxy groups -OCH3 is 1. The Morgan fingerprint density at radius 2 is 1.13 bits per heavy atom. The third-order valence-electron chi connectivity index (χ3n) is 14.4. The lowest BCUT2D eigenvalue weighted by atomic mass is 10.0. The fourth-order valence-electron chi connectivity index (χ4n) is 6.50. The van der Waals surface area contributed by atoms with Gasteiger partial charge in [0.25, 0.3) is 0 Å². The molecule has 0 saturated carbocycles. The van der Waals surface area contributed by atoms with E-state index in [1.807, 2.05) is 31.2 Å². The van der Waals surface area contributed by atoms with Gasteiger partial charge in [-0.1, -0.05) is 133 Å². The molecule has 0 N–H and O–H groups in total. The lowest BCUT2D eigenvalue weighted by molar-refractivity contribution is -0.136. The van der Waals surface area contributed by atoms with Crippen molar-refractivity contribution in [1.82, 2.24) is 0 Å². The van der Waals surface area contributed by atoms with Crippen LogP contribution in [0.25, 0.3) is 0 Å². The van der Waals surface area contributed by atoms with Gasteiger partial charge in [-0.2, -0.15) is 0 Å². The number of benzene rings is 2. The first-order chi connectivity index (χ1) is 30.6. The molecule has 0 amide bonds. The topological polar surface area (TPSA) is 88.1 Å². The number of carbonyl (C=O) groups is 1. The van der Waals surface area contributed by atoms with Gasteiger partial charge in [0.15, 0.2) is 18.2 Å². The van der Waals surface area contributed by atoms with Gasteiger partial charge in [-0.3, -0.25) is 0 Å². The van der Waals surface area contributed by atoms with Gasteiger partial charge in [0.1, 0.15) is 11.5 Å². The Morgan fingerprint density at radius 3 is 1.69 bits per heavy atom. The van der Waals surface area contributed by atoms with Crippen molar-refractivity contribution >= 4 is 40.8 Å². The molecule has 2 aromatic carbocycles. The second kappa shape index (κ2) is 25.1. The number of rotatable bonds is 24. The van der Waals surface area contributed by atoms with Gasteiger partial charge >= 0.3 is 5.97 Å². The van der Waals surface area contributed by atoms with Crippen molar-refractivity contribution in [1.29, 1.82) is 0 Å². The molecule has 11 heteroatoms. The normalized spacial score (nSPS) is 15.1. The summed E-state index contributed by atoms with van der Waals surface area (Å²) < 4.78 is 53.5. The molecule has 0 aliphatic rings. The smallest absolute Gasteiger partial charge is 0.333 e. The Labute approximate surface area is 413 Å². The Hall–Kier alpha value is -3.23. The average molecular weight is 994 g/mol. The molecular formula is C56H92O7SSi3. The maximum absolute atomic E-state index is 14.1. The quantitative estimate of drug-likeness (QED) is 0.0448. The molecule has 0 aromatic heterocycles. The molecule has 0 radical (unpaired) electrons. The predicted octanol–water partition coefficient (Wildman–Crippen LogP) is 16.5. The highest BCUT2D eigenvalue weighted by Crippen LogP contribution is 2.42. The SMILES string of the molecule is COC(=O)C(=CCc1cc(O[Si](C)(C)C(C)(C)C)ccc1O[Si](C)(C)C(C)(C)C)CCC=C(C)CCC=C(C)C(CC=C(C)CCC=C(C)CO[Si](C)(C)C(C)(C)C)S(=O)(=O)c1ccccc1. The minimum absolute atomic E-state index is 0.0169. The van der Waals surface area contributed by atoms with E-state index >= 15 is 0 Å². The van der Waals surface area contributed by atoms with Gasteiger partial charge in [0.05, 0.1) is 23.9 Å². The van der Waals surface area contributed by atoms with Crippen LogP contribution in [0.5, 0.6) is 11.5 Å². The predicted molar refractivity (Wildman–Crippen MR) is 294 cm³/mol. The van der Waals surface area contributed by atoms with Crippen molar-refractivity contribution in [2.75, 3.05) is 13.7 Å². The summed E-state index contributed by atoms with van der Waals surface area (Å²) in [6.45, 7) is 42.7. The first-order valence-corrected chi connectivity index (χ1v) is 34.8. The highest BCUT2D eigenvalue weighted by atomic mass is 32.2. The van der Waals surface area contributed by atoms with Crippen LogP contribution in [0.1, 0.15) is 141 Å². The lowest BCUT2D eigenvalue weighted by Crippen LogP contribution is -2.44. The van der Waals surface area contributed by atoms with Crippen molar-refractivity contribution in [2.45, 2.75) is 206 Å². The molecule has 0 saturated heterocycles. The number of sulfone groups is 1. The van der Waals surface area contributed by atoms with E-state index in [0.29, 0.717) is 49.2 Å². The van der Waals surface area contributed by atoms with Crippen LogP contribution in [-0.4, -0.2) is 58.3 Å². The van der Waals surface area contributed by atoms with E-state index in [2.05, 4.69) is 153 Å². The maximum Gasteiger partial charge on any atom is 0.333 e. The van der Waals surface area contributed by atoms with Gasteiger partial charge < -0.3 is 18.0 Å². The van der Waals surface area contributed by atoms with Crippen LogP contribution in [0.2, 0.25) is 54.4 Å². The van der Waals surface area contributed by atoms with Crippen LogP contribution in [0.4, 0.5) is 0 Å². The van der Waals surface area contributed by atoms with Crippen LogP contribution in [0.3, 0.4) is 0 Å². The van der Waals surface area contributed by atoms with Gasteiger partial charge in [-0.15, -0.1) is 0 Å². The minimum atomic E-state index is -3.62. The van der Waals surface area contributed by atoms with Crippen molar-refractivity contribution < 1.29 is 31.2 Å². The highest BCUT2D eigenvalue weighted by molar-refractivity contribution is 7.92. The fourth-order valence-corrected chi connectivity index (χ4v) is 11.4. The maximum atomic E-state index is 14.1. The van der Waals surface area contributed by atoms with E-state index in [4.69, 9.17) is 18.0 Å². The lowest BCUT2D eigenvalue weighted by Gasteiger charge is -2.38. The van der Waals surface area contributed by atoms with Crippen LogP contribution >= 0.6 is 0 Å². The third kappa shape index (κ3) is 18.9. The number of carbonyl (C=O) groups excluding carboxylic acids is 1. The van der Waals surface area contributed by atoms with Gasteiger partial charge in [0.2, 0.25) is 16.6 Å². The zero-order valence-electron chi connectivity index (χ0n) is 45.7. The fraction of sp³-hybridized carbons (Fsp3) is 0.589. The monoisotopic (exact) mass is 993 g/mol. The van der Waals surface area contributed by atoms with E-state index in [-0.39, 0.29) is 21.1 Å². The molecule has 376 valence electrons. The van der Waals surface area contributed by atoms with E-state index in [0.717, 1.165) is 41.9 Å². The Morgan fingerprint density at radius 1 is 0.627 bits per heavy atom. The summed E-state index contributed by atoms with van der Waals surface area (Å²) in [7, 11) is -8.26. The van der Waals surface area contributed by atoms with Crippen LogP contribution in [0, 0.1) is 0 Å². The molecule has 2 aromatic rings. The largest absolute Gasteiger partial charge is 0.543 e. The molecule has 0 bridgehead atoms. The third-order valence-corrected chi connectivity index (χ3v) is 29.9. The van der Waals surface area contributed by atoms with Crippen LogP contribution in [-0.2, 0) is 30.2 Å². The van der Waals surface area contributed by atoms with Crippen LogP contribution in [0.15, 0.2) is 112 Å². The summed E-state index contributed by atoms with van der Waals surface area (Å²) in [5.74, 6) is 1.33. The molecule has 7 nitrogen and oxygen atoms in total. The molecule has 0 aliphatic heterocycles. The molecule has 1 atom stereocenters. The molecule has 0 spiro atoms. The Bertz CT molecular complexity index is 2190. The molecular weight excluding hydrogens is 901 g/mol. The zero-order chi connectivity index (χ0) is 51.2. The number of esters is 1. The highest BCUT2D eigenvalue weighted by Gasteiger charge is 2.41. The average Bonchev–Trinajstić information content (AvgIpc) is 3.20. The molecule has 0 heterocycles. The van der Waals surface area contributed by atoms with Crippen molar-refractivity contribution in [3.8, 4) is 11.5 Å².